The molecule has 0 amide bonds. The molecule has 1 aromatic heterocycles. The van der Waals surface area contributed by atoms with Crippen molar-refractivity contribution in [2.24, 2.45) is 4.99 Å². The van der Waals surface area contributed by atoms with Gasteiger partial charge in [0.1, 0.15) is 0 Å². The normalized spacial score (nSPS) is 12.1. The average molecular weight is 504 g/mol. The predicted octanol–water partition coefficient (Wildman–Crippen LogP) is 4.55. The Morgan fingerprint density at radius 3 is 2.34 bits per heavy atom. The Bertz CT molecular complexity index is 865. The Morgan fingerprint density at radius 1 is 1.03 bits per heavy atom. The highest BCUT2D eigenvalue weighted by Crippen LogP contribution is 2.20. The lowest BCUT2D eigenvalue weighted by Gasteiger charge is -2.20. The summed E-state index contributed by atoms with van der Waals surface area (Å²) in [6.07, 6.45) is 1.84. The zero-order valence-electron chi connectivity index (χ0n) is 17.0. The second-order valence-corrected chi connectivity index (χ2v) is 6.74. The molecule has 0 saturated heterocycles. The number of rotatable bonds is 8. The van der Waals surface area contributed by atoms with Crippen LogP contribution in [0.25, 0.3) is 0 Å². The van der Waals surface area contributed by atoms with Crippen LogP contribution in [0.1, 0.15) is 35.4 Å². The molecule has 0 saturated carbocycles. The topological polar surface area (TPSA) is 62.5 Å². The molecule has 0 fully saturated rings. The van der Waals surface area contributed by atoms with Crippen LogP contribution in [0.5, 0.6) is 0 Å². The highest BCUT2D eigenvalue weighted by molar-refractivity contribution is 14.0. The Labute approximate surface area is 190 Å². The van der Waals surface area contributed by atoms with Gasteiger partial charge in [0.05, 0.1) is 12.2 Å². The van der Waals surface area contributed by atoms with E-state index in [0.717, 1.165) is 36.8 Å². The van der Waals surface area contributed by atoms with Crippen molar-refractivity contribution in [1.29, 1.82) is 0 Å². The molecule has 3 rings (SSSR count). The van der Waals surface area contributed by atoms with Crippen molar-refractivity contribution in [3.05, 3.63) is 89.3 Å². The van der Waals surface area contributed by atoms with Crippen LogP contribution in [0, 0.1) is 0 Å². The first-order chi connectivity index (χ1) is 13.8. The molecule has 154 valence electrons. The molecule has 29 heavy (non-hydrogen) atoms. The van der Waals surface area contributed by atoms with E-state index in [-0.39, 0.29) is 24.0 Å². The summed E-state index contributed by atoms with van der Waals surface area (Å²) in [5.41, 5.74) is 3.61. The van der Waals surface area contributed by atoms with Crippen LogP contribution in [0.3, 0.4) is 0 Å². The molecule has 1 heterocycles. The third-order valence-electron chi connectivity index (χ3n) is 4.74. The highest BCUT2D eigenvalue weighted by Gasteiger charge is 2.13. The maximum atomic E-state index is 5.33. The molecule has 0 aliphatic rings. The largest absolute Gasteiger partial charge is 0.359 e. The van der Waals surface area contributed by atoms with E-state index < -0.39 is 0 Å². The van der Waals surface area contributed by atoms with Gasteiger partial charge < -0.3 is 15.2 Å². The first kappa shape index (κ1) is 22.9. The number of aliphatic imine (C=N–C) groups is 1. The van der Waals surface area contributed by atoms with Gasteiger partial charge in [-0.1, -0.05) is 72.7 Å². The minimum absolute atomic E-state index is 0. The van der Waals surface area contributed by atoms with Gasteiger partial charge in [0.25, 0.3) is 0 Å². The molecule has 2 N–H and O–H groups in total. The van der Waals surface area contributed by atoms with E-state index >= 15 is 0 Å². The van der Waals surface area contributed by atoms with Gasteiger partial charge in [0.2, 0.25) is 0 Å². The summed E-state index contributed by atoms with van der Waals surface area (Å²) < 4.78 is 5.33. The summed E-state index contributed by atoms with van der Waals surface area (Å²) >= 11 is 0. The second kappa shape index (κ2) is 12.3. The number of halogens is 1. The van der Waals surface area contributed by atoms with E-state index in [4.69, 9.17) is 4.52 Å². The number of nitrogens with one attached hydrogen (secondary N) is 2. The van der Waals surface area contributed by atoms with Gasteiger partial charge in [-0.3, -0.25) is 4.99 Å². The molecule has 5 nitrogen and oxygen atoms in total. The summed E-state index contributed by atoms with van der Waals surface area (Å²) in [5, 5.41) is 10.8. The van der Waals surface area contributed by atoms with Gasteiger partial charge in [0, 0.05) is 25.6 Å². The molecule has 1 atom stereocenters. The predicted molar refractivity (Wildman–Crippen MR) is 129 cm³/mol. The van der Waals surface area contributed by atoms with Crippen molar-refractivity contribution in [1.82, 2.24) is 15.8 Å². The van der Waals surface area contributed by atoms with Gasteiger partial charge in [-0.25, -0.2) is 0 Å². The third-order valence-corrected chi connectivity index (χ3v) is 4.74. The summed E-state index contributed by atoms with van der Waals surface area (Å²) in [6.45, 7) is 3.41. The van der Waals surface area contributed by atoms with Crippen molar-refractivity contribution < 1.29 is 4.52 Å². The van der Waals surface area contributed by atoms with Gasteiger partial charge in [0.15, 0.2) is 11.7 Å². The first-order valence-corrected chi connectivity index (χ1v) is 9.76. The van der Waals surface area contributed by atoms with Crippen molar-refractivity contribution >= 4 is 29.9 Å². The van der Waals surface area contributed by atoms with E-state index in [1.54, 1.807) is 7.05 Å². The van der Waals surface area contributed by atoms with Crippen LogP contribution >= 0.6 is 24.0 Å². The molecule has 0 aliphatic heterocycles. The number of aryl methyl sites for hydroxylation is 1. The summed E-state index contributed by atoms with van der Waals surface area (Å²) in [4.78, 5) is 4.34. The number of guanidine groups is 1. The monoisotopic (exact) mass is 504 g/mol. The zero-order valence-corrected chi connectivity index (χ0v) is 19.3. The number of hydrogen-bond acceptors (Lipinski definition) is 3. The number of hydrogen-bond donors (Lipinski definition) is 2. The smallest absolute Gasteiger partial charge is 0.191 e. The van der Waals surface area contributed by atoms with Crippen LogP contribution in [0.2, 0.25) is 0 Å². The zero-order chi connectivity index (χ0) is 19.6. The molecule has 1 unspecified atom stereocenters. The number of aromatic nitrogens is 1. The maximum Gasteiger partial charge on any atom is 0.191 e. The molecular weight excluding hydrogens is 475 g/mol. The lowest BCUT2D eigenvalue weighted by atomic mass is 9.92. The third kappa shape index (κ3) is 7.20. The first-order valence-electron chi connectivity index (χ1n) is 9.76. The fourth-order valence-electron chi connectivity index (χ4n) is 3.15. The van der Waals surface area contributed by atoms with E-state index in [1.807, 2.05) is 6.07 Å². The fraction of sp³-hybridized carbons (Fsp3) is 0.304. The standard InChI is InChI=1S/C23H28N4O.HI/c1-3-21-15-22(28-27-21)17-26-23(24-2)25-16-20(19-12-8-5-9-13-19)14-18-10-6-4-7-11-18;/h4-13,15,20H,3,14,16-17H2,1-2H3,(H2,24,25,26);1H. The van der Waals surface area contributed by atoms with E-state index in [0.29, 0.717) is 12.5 Å². The SMILES string of the molecule is CCc1cc(CNC(=NC)NCC(Cc2ccccc2)c2ccccc2)on1.I. The van der Waals surface area contributed by atoms with E-state index in [9.17, 15) is 0 Å². The van der Waals surface area contributed by atoms with Crippen LogP contribution in [-0.2, 0) is 19.4 Å². The van der Waals surface area contributed by atoms with E-state index in [1.165, 1.54) is 11.1 Å². The molecule has 0 aliphatic carbocycles. The molecule has 2 aromatic carbocycles. The number of nitrogens with zero attached hydrogens (tertiary/aromatic N) is 2. The fourth-order valence-corrected chi connectivity index (χ4v) is 3.15. The van der Waals surface area contributed by atoms with Gasteiger partial charge in [-0.15, -0.1) is 24.0 Å². The lowest BCUT2D eigenvalue weighted by Crippen LogP contribution is -2.39. The Balaban J connectivity index is 0.00000300. The average Bonchev–Trinajstić information content (AvgIpc) is 3.22. The Hall–Kier alpha value is -2.35. The maximum absolute atomic E-state index is 5.33. The molecule has 0 radical (unpaired) electrons. The van der Waals surface area contributed by atoms with Crippen LogP contribution < -0.4 is 10.6 Å². The van der Waals surface area contributed by atoms with Gasteiger partial charge in [-0.2, -0.15) is 0 Å². The Morgan fingerprint density at radius 2 is 1.72 bits per heavy atom. The molecule has 3 aromatic rings. The van der Waals surface area contributed by atoms with Crippen LogP contribution in [0.15, 0.2) is 76.2 Å². The number of benzene rings is 2. The van der Waals surface area contributed by atoms with Gasteiger partial charge in [-0.05, 0) is 24.0 Å². The molecular formula is C23H29IN4O. The van der Waals surface area contributed by atoms with Crippen molar-refractivity contribution in [2.75, 3.05) is 13.6 Å². The van der Waals surface area contributed by atoms with Gasteiger partial charge >= 0.3 is 0 Å². The van der Waals surface area contributed by atoms with Crippen molar-refractivity contribution in [2.45, 2.75) is 32.2 Å². The Kier molecular flexibility index (Phi) is 9.70. The van der Waals surface area contributed by atoms with Crippen LogP contribution in [-0.4, -0.2) is 24.7 Å². The van der Waals surface area contributed by atoms with E-state index in [2.05, 4.69) is 88.4 Å². The minimum atomic E-state index is 0. The quantitative estimate of drug-likeness (QED) is 0.269. The lowest BCUT2D eigenvalue weighted by molar-refractivity contribution is 0.374. The van der Waals surface area contributed by atoms with Crippen molar-refractivity contribution in [3.8, 4) is 0 Å². The van der Waals surface area contributed by atoms with Crippen LogP contribution in [0.4, 0.5) is 0 Å². The summed E-state index contributed by atoms with van der Waals surface area (Å²) in [5.74, 6) is 1.91. The highest BCUT2D eigenvalue weighted by atomic mass is 127. The molecule has 0 spiro atoms. The minimum Gasteiger partial charge on any atom is -0.359 e. The molecule has 6 heteroatoms. The second-order valence-electron chi connectivity index (χ2n) is 6.74. The summed E-state index contributed by atoms with van der Waals surface area (Å²) in [7, 11) is 1.78. The van der Waals surface area contributed by atoms with Crippen molar-refractivity contribution in [3.63, 3.8) is 0 Å². The molecule has 0 bridgehead atoms. The summed E-state index contributed by atoms with van der Waals surface area (Å²) in [6, 6.07) is 23.2.